The average Bonchev–Trinajstić information content (AvgIpc) is 3.09. The molecular formula is C16H29NO5. The number of rotatable bonds is 7. The quantitative estimate of drug-likeness (QED) is 0.671. The van der Waals surface area contributed by atoms with E-state index in [0.717, 1.165) is 12.8 Å². The second-order valence-corrected chi connectivity index (χ2v) is 7.90. The number of hydrogen-bond donors (Lipinski definition) is 3. The maximum absolute atomic E-state index is 11.8. The minimum atomic E-state index is -1.03. The molecule has 0 radical (unpaired) electrons. The number of aliphatic hydroxyl groups is 1. The van der Waals surface area contributed by atoms with Crippen molar-refractivity contribution in [3.63, 3.8) is 0 Å². The summed E-state index contributed by atoms with van der Waals surface area (Å²) in [5, 5.41) is 22.2. The Labute approximate surface area is 132 Å². The van der Waals surface area contributed by atoms with Crippen LogP contribution in [0.25, 0.3) is 0 Å². The molecule has 1 unspecified atom stereocenters. The lowest BCUT2D eigenvalue weighted by molar-refractivity contribution is -0.151. The molecule has 0 spiro atoms. The van der Waals surface area contributed by atoms with Gasteiger partial charge in [0.15, 0.2) is 0 Å². The highest BCUT2D eigenvalue weighted by Gasteiger charge is 2.51. The van der Waals surface area contributed by atoms with Crippen molar-refractivity contribution in [1.82, 2.24) is 5.32 Å². The first kappa shape index (κ1) is 18.7. The molecule has 1 rings (SSSR count). The Bertz CT molecular complexity index is 417. The van der Waals surface area contributed by atoms with Crippen molar-refractivity contribution in [1.29, 1.82) is 0 Å². The summed E-state index contributed by atoms with van der Waals surface area (Å²) in [6.07, 6.45) is 1.77. The van der Waals surface area contributed by atoms with Gasteiger partial charge in [-0.2, -0.15) is 0 Å². The summed E-state index contributed by atoms with van der Waals surface area (Å²) in [6, 6.07) is 0. The van der Waals surface area contributed by atoms with Gasteiger partial charge in [-0.1, -0.05) is 0 Å². The number of carboxylic acid groups (broad SMARTS) is 1. The summed E-state index contributed by atoms with van der Waals surface area (Å²) < 4.78 is 5.17. The van der Waals surface area contributed by atoms with Crippen LogP contribution in [0.2, 0.25) is 0 Å². The van der Waals surface area contributed by atoms with E-state index >= 15 is 0 Å². The van der Waals surface area contributed by atoms with E-state index < -0.39 is 28.7 Å². The van der Waals surface area contributed by atoms with Crippen molar-refractivity contribution < 1.29 is 24.5 Å². The molecule has 22 heavy (non-hydrogen) atoms. The number of ether oxygens (including phenoxy) is 1. The molecule has 1 fully saturated rings. The fourth-order valence-electron chi connectivity index (χ4n) is 2.50. The molecule has 1 amide bonds. The summed E-state index contributed by atoms with van der Waals surface area (Å²) in [5.74, 6) is -0.877. The standard InChI is InChI=1S/C16H29NO5/c1-14(2,3)22-13(20)17-10-16(12(18)19,11-6-7-11)9-8-15(4,5)21/h11,21H,6-10H2,1-5H3,(H,17,20)(H,18,19). The van der Waals surface area contributed by atoms with Gasteiger partial charge in [-0.25, -0.2) is 4.79 Å². The highest BCUT2D eigenvalue weighted by Crippen LogP contribution is 2.49. The maximum atomic E-state index is 11.8. The van der Waals surface area contributed by atoms with Crippen molar-refractivity contribution in [3.05, 3.63) is 0 Å². The molecule has 0 bridgehead atoms. The fraction of sp³-hybridized carbons (Fsp3) is 0.875. The van der Waals surface area contributed by atoms with Crippen LogP contribution in [-0.2, 0) is 9.53 Å². The summed E-state index contributed by atoms with van der Waals surface area (Å²) in [4.78, 5) is 23.6. The first-order valence-corrected chi connectivity index (χ1v) is 7.78. The molecule has 1 aliphatic rings. The summed E-state index contributed by atoms with van der Waals surface area (Å²) >= 11 is 0. The number of carbonyl (C=O) groups is 2. The van der Waals surface area contributed by atoms with E-state index in [1.165, 1.54) is 0 Å². The maximum Gasteiger partial charge on any atom is 0.407 e. The van der Waals surface area contributed by atoms with E-state index in [-0.39, 0.29) is 12.5 Å². The third kappa shape index (κ3) is 5.83. The van der Waals surface area contributed by atoms with Crippen LogP contribution in [0.4, 0.5) is 4.79 Å². The van der Waals surface area contributed by atoms with E-state index in [2.05, 4.69) is 5.32 Å². The van der Waals surface area contributed by atoms with Gasteiger partial charge >= 0.3 is 12.1 Å². The second-order valence-electron chi connectivity index (χ2n) is 7.90. The van der Waals surface area contributed by atoms with Crippen LogP contribution < -0.4 is 5.32 Å². The number of carboxylic acids is 1. The molecule has 0 heterocycles. The molecule has 1 saturated carbocycles. The van der Waals surface area contributed by atoms with Crippen molar-refractivity contribution in [2.45, 2.75) is 71.5 Å². The Morgan fingerprint density at radius 1 is 1.14 bits per heavy atom. The number of aliphatic carboxylic acids is 1. The summed E-state index contributed by atoms with van der Waals surface area (Å²) in [5.41, 5.74) is -2.58. The molecule has 6 heteroatoms. The highest BCUT2D eigenvalue weighted by atomic mass is 16.6. The molecule has 0 aliphatic heterocycles. The van der Waals surface area contributed by atoms with Crippen LogP contribution in [0.3, 0.4) is 0 Å². The SMILES string of the molecule is CC(C)(O)CCC(CNC(=O)OC(C)(C)C)(C(=O)O)C1CC1. The van der Waals surface area contributed by atoms with Crippen molar-refractivity contribution in [2.75, 3.05) is 6.54 Å². The molecular weight excluding hydrogens is 286 g/mol. The van der Waals surface area contributed by atoms with Gasteiger partial charge in [-0.15, -0.1) is 0 Å². The monoisotopic (exact) mass is 315 g/mol. The Morgan fingerprint density at radius 2 is 1.68 bits per heavy atom. The van der Waals surface area contributed by atoms with Gasteiger partial charge in [0.05, 0.1) is 11.0 Å². The zero-order valence-electron chi connectivity index (χ0n) is 14.2. The van der Waals surface area contributed by atoms with Crippen molar-refractivity contribution in [2.24, 2.45) is 11.3 Å². The molecule has 0 aromatic carbocycles. The molecule has 1 aliphatic carbocycles. The van der Waals surface area contributed by atoms with Crippen LogP contribution in [-0.4, -0.2) is 40.0 Å². The van der Waals surface area contributed by atoms with Gasteiger partial charge in [0.2, 0.25) is 0 Å². The van der Waals surface area contributed by atoms with Crippen LogP contribution in [0.1, 0.15) is 60.3 Å². The molecule has 0 aromatic heterocycles. The molecule has 1 atom stereocenters. The Hall–Kier alpha value is -1.30. The van der Waals surface area contributed by atoms with E-state index in [1.807, 2.05) is 0 Å². The summed E-state index contributed by atoms with van der Waals surface area (Å²) in [6.45, 7) is 8.62. The predicted molar refractivity (Wildman–Crippen MR) is 82.6 cm³/mol. The van der Waals surface area contributed by atoms with Crippen LogP contribution in [0, 0.1) is 11.3 Å². The number of nitrogens with one attached hydrogen (secondary N) is 1. The van der Waals surface area contributed by atoms with E-state index in [4.69, 9.17) is 4.74 Å². The topological polar surface area (TPSA) is 95.9 Å². The van der Waals surface area contributed by atoms with E-state index in [9.17, 15) is 19.8 Å². The Kier molecular flexibility index (Phi) is 5.49. The Balaban J connectivity index is 2.74. The molecule has 0 saturated heterocycles. The lowest BCUT2D eigenvalue weighted by Crippen LogP contribution is -2.46. The van der Waals surface area contributed by atoms with Crippen molar-refractivity contribution >= 4 is 12.1 Å². The van der Waals surface area contributed by atoms with Crippen LogP contribution in [0.15, 0.2) is 0 Å². The largest absolute Gasteiger partial charge is 0.481 e. The number of amides is 1. The lowest BCUT2D eigenvalue weighted by Gasteiger charge is -2.32. The van der Waals surface area contributed by atoms with Gasteiger partial charge in [0, 0.05) is 6.54 Å². The smallest absolute Gasteiger partial charge is 0.407 e. The first-order chi connectivity index (χ1) is 9.86. The third-order valence-corrected chi connectivity index (χ3v) is 3.91. The van der Waals surface area contributed by atoms with Gasteiger partial charge in [0.25, 0.3) is 0 Å². The third-order valence-electron chi connectivity index (χ3n) is 3.91. The highest BCUT2D eigenvalue weighted by molar-refractivity contribution is 5.77. The summed E-state index contributed by atoms with van der Waals surface area (Å²) in [7, 11) is 0. The van der Waals surface area contributed by atoms with Crippen LogP contribution in [0.5, 0.6) is 0 Å². The predicted octanol–water partition coefficient (Wildman–Crippen LogP) is 2.54. The number of alkyl carbamates (subject to hydrolysis) is 1. The average molecular weight is 315 g/mol. The second kappa shape index (κ2) is 6.44. The Morgan fingerprint density at radius 3 is 2.05 bits per heavy atom. The van der Waals surface area contributed by atoms with E-state index in [0.29, 0.717) is 12.8 Å². The molecule has 128 valence electrons. The van der Waals surface area contributed by atoms with Gasteiger partial charge in [0.1, 0.15) is 5.60 Å². The fourth-order valence-corrected chi connectivity index (χ4v) is 2.50. The van der Waals surface area contributed by atoms with Crippen LogP contribution >= 0.6 is 0 Å². The van der Waals surface area contributed by atoms with Gasteiger partial charge in [-0.05, 0) is 66.2 Å². The number of carbonyl (C=O) groups excluding carboxylic acids is 1. The zero-order chi connectivity index (χ0) is 17.2. The lowest BCUT2D eigenvalue weighted by atomic mass is 9.76. The van der Waals surface area contributed by atoms with Gasteiger partial charge in [-0.3, -0.25) is 4.79 Å². The molecule has 6 nitrogen and oxygen atoms in total. The minimum Gasteiger partial charge on any atom is -0.481 e. The normalized spacial score (nSPS) is 18.5. The minimum absolute atomic E-state index is 0.0258. The number of hydrogen-bond acceptors (Lipinski definition) is 4. The molecule has 3 N–H and O–H groups in total. The first-order valence-electron chi connectivity index (χ1n) is 7.78. The van der Waals surface area contributed by atoms with Gasteiger partial charge < -0.3 is 20.3 Å². The van der Waals surface area contributed by atoms with Crippen molar-refractivity contribution in [3.8, 4) is 0 Å². The molecule has 0 aromatic rings. The van der Waals surface area contributed by atoms with E-state index in [1.54, 1.807) is 34.6 Å². The zero-order valence-corrected chi connectivity index (χ0v) is 14.2.